The number of unbranched alkanes of at least 4 members (excludes halogenated alkanes) is 4. The van der Waals surface area contributed by atoms with Gasteiger partial charge in [-0.15, -0.1) is 0 Å². The smallest absolute Gasteiger partial charge is 0.0786 e. The first-order valence-corrected chi connectivity index (χ1v) is 8.54. The van der Waals surface area contributed by atoms with Crippen molar-refractivity contribution in [3.05, 3.63) is 0 Å². The maximum absolute atomic E-state index is 7.00. The van der Waals surface area contributed by atoms with Gasteiger partial charge in [-0.05, 0) is 25.7 Å². The molecule has 0 aromatic rings. The summed E-state index contributed by atoms with van der Waals surface area (Å²) < 4.78 is 1.42. The molecule has 0 atom stereocenters. The average Bonchev–Trinajstić information content (AvgIpc) is 2.48. The Balaban J connectivity index is 0. The molecule has 0 saturated carbocycles. The van der Waals surface area contributed by atoms with E-state index in [1.165, 1.54) is 82.0 Å². The summed E-state index contributed by atoms with van der Waals surface area (Å²) in [7, 11) is 1.00. The summed E-state index contributed by atoms with van der Waals surface area (Å²) in [5.74, 6) is 0. The number of hydrogen-bond acceptors (Lipinski definition) is 1. The number of aliphatic hydroxyl groups is 1. The Morgan fingerprint density at radius 3 is 0.895 bits per heavy atom. The highest BCUT2D eigenvalue weighted by molar-refractivity contribution is 4.49. The summed E-state index contributed by atoms with van der Waals surface area (Å²) in [5, 5.41) is 7.00. The van der Waals surface area contributed by atoms with Gasteiger partial charge in [0.05, 0.1) is 26.2 Å². The van der Waals surface area contributed by atoms with Crippen LogP contribution < -0.4 is 0 Å². The van der Waals surface area contributed by atoms with E-state index in [0.717, 1.165) is 7.11 Å². The van der Waals surface area contributed by atoms with Crippen molar-refractivity contribution in [3.63, 3.8) is 0 Å². The average molecular weight is 275 g/mol. The minimum atomic E-state index is 1.00. The standard InChI is InChI=1S/C16H36N.CH4O/c1-5-9-13-17(14-10-6-2,15-11-7-3)16-12-8-4;1-2/h5-16H2,1-4H3;2H,1H3/q+1;. The molecule has 0 aromatic heterocycles. The molecule has 0 fully saturated rings. The minimum absolute atomic E-state index is 1.00. The quantitative estimate of drug-likeness (QED) is 0.515. The third-order valence-electron chi connectivity index (χ3n) is 3.94. The molecule has 0 unspecified atom stereocenters. The Kier molecular flexibility index (Phi) is 17.8. The summed E-state index contributed by atoms with van der Waals surface area (Å²) >= 11 is 0. The highest BCUT2D eigenvalue weighted by Crippen LogP contribution is 2.16. The van der Waals surface area contributed by atoms with Crippen molar-refractivity contribution >= 4 is 0 Å². The lowest BCUT2D eigenvalue weighted by Crippen LogP contribution is -2.50. The summed E-state index contributed by atoms with van der Waals surface area (Å²) in [5.41, 5.74) is 0. The molecule has 0 rings (SSSR count). The molecule has 2 nitrogen and oxygen atoms in total. The molecule has 2 heteroatoms. The highest BCUT2D eigenvalue weighted by atomic mass is 16.2. The molecule has 0 amide bonds. The number of quaternary nitrogens is 1. The Labute approximate surface area is 122 Å². The third kappa shape index (κ3) is 11.4. The number of hydrogen-bond donors (Lipinski definition) is 1. The fraction of sp³-hybridized carbons (Fsp3) is 1.00. The van der Waals surface area contributed by atoms with Gasteiger partial charge in [0, 0.05) is 7.11 Å². The summed E-state index contributed by atoms with van der Waals surface area (Å²) in [6.45, 7) is 15.0. The zero-order valence-corrected chi connectivity index (χ0v) is 14.4. The predicted octanol–water partition coefficient (Wildman–Crippen LogP) is 4.61. The maximum atomic E-state index is 7.00. The molecule has 0 heterocycles. The number of aliphatic hydroxyl groups excluding tert-OH is 1. The van der Waals surface area contributed by atoms with E-state index in [0.29, 0.717) is 0 Å². The van der Waals surface area contributed by atoms with Crippen molar-refractivity contribution in [2.45, 2.75) is 79.1 Å². The molecule has 0 aromatic carbocycles. The van der Waals surface area contributed by atoms with Gasteiger partial charge in [0.1, 0.15) is 0 Å². The van der Waals surface area contributed by atoms with Crippen molar-refractivity contribution in [2.24, 2.45) is 0 Å². The van der Waals surface area contributed by atoms with Gasteiger partial charge in [0.25, 0.3) is 0 Å². The van der Waals surface area contributed by atoms with E-state index in [4.69, 9.17) is 5.11 Å². The SMILES string of the molecule is CCCC[N+](CCCC)(CCCC)CCCC.CO. The Bertz CT molecular complexity index is 122. The molecule has 0 aliphatic heterocycles. The molecule has 0 bridgehead atoms. The first-order chi connectivity index (χ1) is 9.24. The molecule has 0 spiro atoms. The third-order valence-corrected chi connectivity index (χ3v) is 3.94. The van der Waals surface area contributed by atoms with E-state index < -0.39 is 0 Å². The Morgan fingerprint density at radius 1 is 0.526 bits per heavy atom. The van der Waals surface area contributed by atoms with Gasteiger partial charge in [-0.3, -0.25) is 0 Å². The van der Waals surface area contributed by atoms with Gasteiger partial charge in [-0.25, -0.2) is 0 Å². The van der Waals surface area contributed by atoms with Crippen molar-refractivity contribution in [1.82, 2.24) is 0 Å². The van der Waals surface area contributed by atoms with Crippen LogP contribution in [0.3, 0.4) is 0 Å². The molecule has 118 valence electrons. The zero-order chi connectivity index (χ0) is 15.0. The van der Waals surface area contributed by atoms with Crippen molar-refractivity contribution in [3.8, 4) is 0 Å². The van der Waals surface area contributed by atoms with Crippen LogP contribution in [-0.2, 0) is 0 Å². The van der Waals surface area contributed by atoms with Crippen LogP contribution >= 0.6 is 0 Å². The zero-order valence-electron chi connectivity index (χ0n) is 14.4. The summed E-state index contributed by atoms with van der Waals surface area (Å²) in [6.07, 6.45) is 11.1. The Hall–Kier alpha value is -0.0800. The van der Waals surface area contributed by atoms with E-state index >= 15 is 0 Å². The van der Waals surface area contributed by atoms with E-state index in [1.807, 2.05) is 0 Å². The maximum Gasteiger partial charge on any atom is 0.0786 e. The van der Waals surface area contributed by atoms with E-state index in [-0.39, 0.29) is 0 Å². The highest BCUT2D eigenvalue weighted by Gasteiger charge is 2.24. The second kappa shape index (κ2) is 16.0. The fourth-order valence-corrected chi connectivity index (χ4v) is 2.64. The van der Waals surface area contributed by atoms with Gasteiger partial charge in [-0.1, -0.05) is 53.4 Å². The van der Waals surface area contributed by atoms with Crippen molar-refractivity contribution in [2.75, 3.05) is 33.3 Å². The van der Waals surface area contributed by atoms with Gasteiger partial charge < -0.3 is 9.59 Å². The molecule has 0 aliphatic carbocycles. The second-order valence-corrected chi connectivity index (χ2v) is 5.65. The first-order valence-electron chi connectivity index (χ1n) is 8.54. The lowest BCUT2D eigenvalue weighted by molar-refractivity contribution is -0.929. The molecule has 0 radical (unpaired) electrons. The Morgan fingerprint density at radius 2 is 0.737 bits per heavy atom. The van der Waals surface area contributed by atoms with Crippen molar-refractivity contribution < 1.29 is 9.59 Å². The second-order valence-electron chi connectivity index (χ2n) is 5.65. The molecular formula is C17H40NO+. The molecule has 19 heavy (non-hydrogen) atoms. The molecule has 0 saturated heterocycles. The van der Waals surface area contributed by atoms with Crippen LogP contribution in [0.1, 0.15) is 79.1 Å². The number of rotatable bonds is 12. The van der Waals surface area contributed by atoms with Crippen LogP contribution in [0, 0.1) is 0 Å². The number of nitrogens with zero attached hydrogens (tertiary/aromatic N) is 1. The van der Waals surface area contributed by atoms with E-state index in [2.05, 4.69) is 27.7 Å². The van der Waals surface area contributed by atoms with Gasteiger partial charge >= 0.3 is 0 Å². The largest absolute Gasteiger partial charge is 0.400 e. The van der Waals surface area contributed by atoms with E-state index in [1.54, 1.807) is 0 Å². The molecule has 1 N–H and O–H groups in total. The first kappa shape index (κ1) is 21.2. The summed E-state index contributed by atoms with van der Waals surface area (Å²) in [4.78, 5) is 0. The van der Waals surface area contributed by atoms with Crippen LogP contribution in [-0.4, -0.2) is 42.9 Å². The van der Waals surface area contributed by atoms with Crippen molar-refractivity contribution in [1.29, 1.82) is 0 Å². The summed E-state index contributed by atoms with van der Waals surface area (Å²) in [6, 6.07) is 0. The normalized spacial score (nSPS) is 11.1. The monoisotopic (exact) mass is 274 g/mol. The topological polar surface area (TPSA) is 20.2 Å². The van der Waals surface area contributed by atoms with Crippen LogP contribution in [0.2, 0.25) is 0 Å². The lowest BCUT2D eigenvalue weighted by Gasteiger charge is -2.39. The minimum Gasteiger partial charge on any atom is -0.400 e. The predicted molar refractivity (Wildman–Crippen MR) is 87.5 cm³/mol. The van der Waals surface area contributed by atoms with Crippen LogP contribution in [0.4, 0.5) is 0 Å². The van der Waals surface area contributed by atoms with Gasteiger partial charge in [0.15, 0.2) is 0 Å². The van der Waals surface area contributed by atoms with Gasteiger partial charge in [0.2, 0.25) is 0 Å². The van der Waals surface area contributed by atoms with E-state index in [9.17, 15) is 0 Å². The van der Waals surface area contributed by atoms with Crippen LogP contribution in [0.25, 0.3) is 0 Å². The molecular weight excluding hydrogens is 234 g/mol. The van der Waals surface area contributed by atoms with Gasteiger partial charge in [-0.2, -0.15) is 0 Å². The lowest BCUT2D eigenvalue weighted by atomic mass is 10.1. The van der Waals surface area contributed by atoms with Crippen LogP contribution in [0.15, 0.2) is 0 Å². The fourth-order valence-electron chi connectivity index (χ4n) is 2.64. The van der Waals surface area contributed by atoms with Crippen LogP contribution in [0.5, 0.6) is 0 Å². The molecule has 0 aliphatic rings.